The molecule has 8 heteroatoms. The Balaban J connectivity index is 1.34. The molecule has 0 fully saturated rings. The first-order chi connectivity index (χ1) is 16.0. The summed E-state index contributed by atoms with van der Waals surface area (Å²) >= 11 is 5.28. The van der Waals surface area contributed by atoms with Gasteiger partial charge in [-0.05, 0) is 66.3 Å². The quantitative estimate of drug-likeness (QED) is 0.465. The summed E-state index contributed by atoms with van der Waals surface area (Å²) in [4.78, 5) is 27.1. The lowest BCUT2D eigenvalue weighted by Gasteiger charge is -2.26. The maximum atomic E-state index is 12.1. The molecule has 2 aromatic carbocycles. The number of nitrogens with one attached hydrogen (secondary N) is 1. The number of aromatic nitrogens is 1. The van der Waals surface area contributed by atoms with Crippen molar-refractivity contribution in [2.24, 2.45) is 5.73 Å². The molecule has 0 saturated heterocycles. The molecule has 7 nitrogen and oxygen atoms in total. The monoisotopic (exact) mass is 465 g/mol. The standard InChI is InChI=1S/C25H24ClN3O4/c26-23(30)12-9-20(27)25(31)29-18-7-13-24(28-15-18)32-19-8-11-22-17(14-19)6-10-21(33-22)16-4-2-1-3-5-16/h1-5,7-8,11,13-15,20-21H,6,9-10,12,27H2,(H,29,31)/t20-,21-/m0/s1. The molecule has 170 valence electrons. The number of hydrogen-bond donors (Lipinski definition) is 2. The number of carbonyl (C=O) groups excluding carboxylic acids is 2. The number of rotatable bonds is 8. The molecule has 3 aromatic rings. The average molecular weight is 466 g/mol. The molecule has 0 saturated carbocycles. The Labute approximate surface area is 196 Å². The van der Waals surface area contributed by atoms with E-state index in [1.807, 2.05) is 36.4 Å². The van der Waals surface area contributed by atoms with E-state index in [1.165, 1.54) is 11.8 Å². The zero-order valence-electron chi connectivity index (χ0n) is 17.9. The van der Waals surface area contributed by atoms with Gasteiger partial charge in [-0.25, -0.2) is 4.98 Å². The molecule has 1 aromatic heterocycles. The second kappa shape index (κ2) is 10.5. The van der Waals surface area contributed by atoms with Gasteiger partial charge in [-0.1, -0.05) is 30.3 Å². The minimum Gasteiger partial charge on any atom is -0.485 e. The van der Waals surface area contributed by atoms with Crippen LogP contribution in [-0.4, -0.2) is 22.2 Å². The summed E-state index contributed by atoms with van der Waals surface area (Å²) in [5.41, 5.74) is 8.51. The van der Waals surface area contributed by atoms with Crippen LogP contribution in [0.1, 0.15) is 36.5 Å². The third-order valence-electron chi connectivity index (χ3n) is 5.36. The van der Waals surface area contributed by atoms with Gasteiger partial charge in [0, 0.05) is 12.5 Å². The van der Waals surface area contributed by atoms with Crippen molar-refractivity contribution in [3.63, 3.8) is 0 Å². The molecule has 0 bridgehead atoms. The van der Waals surface area contributed by atoms with Crippen LogP contribution in [0.4, 0.5) is 5.69 Å². The number of pyridine rings is 1. The molecule has 0 unspecified atom stereocenters. The highest BCUT2D eigenvalue weighted by atomic mass is 35.5. The predicted octanol–water partition coefficient (Wildman–Crippen LogP) is 4.75. The number of fused-ring (bicyclic) bond motifs is 1. The Morgan fingerprint density at radius 2 is 2.00 bits per heavy atom. The van der Waals surface area contributed by atoms with Crippen LogP contribution in [0.15, 0.2) is 66.9 Å². The van der Waals surface area contributed by atoms with Crippen molar-refractivity contribution in [1.29, 1.82) is 0 Å². The first kappa shape index (κ1) is 22.8. The average Bonchev–Trinajstić information content (AvgIpc) is 2.84. The van der Waals surface area contributed by atoms with Gasteiger partial charge in [0.1, 0.15) is 17.6 Å². The Hall–Kier alpha value is -3.42. The van der Waals surface area contributed by atoms with Crippen LogP contribution in [0.3, 0.4) is 0 Å². The van der Waals surface area contributed by atoms with E-state index in [0.717, 1.165) is 24.2 Å². The van der Waals surface area contributed by atoms with Crippen molar-refractivity contribution in [1.82, 2.24) is 4.98 Å². The number of benzene rings is 2. The van der Waals surface area contributed by atoms with Crippen molar-refractivity contribution < 1.29 is 19.1 Å². The second-order valence-electron chi connectivity index (χ2n) is 7.80. The maximum absolute atomic E-state index is 12.1. The topological polar surface area (TPSA) is 104 Å². The van der Waals surface area contributed by atoms with E-state index >= 15 is 0 Å². The smallest absolute Gasteiger partial charge is 0.241 e. The van der Waals surface area contributed by atoms with Gasteiger partial charge in [0.05, 0.1) is 17.9 Å². The number of halogens is 1. The largest absolute Gasteiger partial charge is 0.485 e. The van der Waals surface area contributed by atoms with E-state index in [0.29, 0.717) is 17.3 Å². The zero-order valence-corrected chi connectivity index (χ0v) is 18.6. The number of ether oxygens (including phenoxy) is 2. The van der Waals surface area contributed by atoms with Gasteiger partial charge in [0.2, 0.25) is 17.0 Å². The van der Waals surface area contributed by atoms with Crippen LogP contribution < -0.4 is 20.5 Å². The molecule has 33 heavy (non-hydrogen) atoms. The lowest BCUT2D eigenvalue weighted by Crippen LogP contribution is -2.35. The van der Waals surface area contributed by atoms with E-state index in [2.05, 4.69) is 22.4 Å². The second-order valence-corrected chi connectivity index (χ2v) is 8.22. The number of amides is 1. The Morgan fingerprint density at radius 3 is 2.73 bits per heavy atom. The highest BCUT2D eigenvalue weighted by molar-refractivity contribution is 6.63. The van der Waals surface area contributed by atoms with Crippen molar-refractivity contribution in [2.75, 3.05) is 5.32 Å². The molecule has 1 amide bonds. The Morgan fingerprint density at radius 1 is 1.18 bits per heavy atom. The highest BCUT2D eigenvalue weighted by Crippen LogP contribution is 2.37. The van der Waals surface area contributed by atoms with Crippen molar-refractivity contribution >= 4 is 28.4 Å². The molecule has 3 N–H and O–H groups in total. The predicted molar refractivity (Wildman–Crippen MR) is 126 cm³/mol. The molecule has 1 aliphatic heterocycles. The molecule has 2 atom stereocenters. The first-order valence-corrected chi connectivity index (χ1v) is 11.1. The first-order valence-electron chi connectivity index (χ1n) is 10.7. The molecule has 0 spiro atoms. The van der Waals surface area contributed by atoms with Gasteiger partial charge in [-0.3, -0.25) is 9.59 Å². The van der Waals surface area contributed by atoms with Gasteiger partial charge >= 0.3 is 0 Å². The fourth-order valence-electron chi connectivity index (χ4n) is 3.60. The number of anilines is 1. The summed E-state index contributed by atoms with van der Waals surface area (Å²) in [6, 6.07) is 18.4. The van der Waals surface area contributed by atoms with E-state index in [4.69, 9.17) is 26.8 Å². The summed E-state index contributed by atoms with van der Waals surface area (Å²) in [5, 5.41) is 2.14. The van der Waals surface area contributed by atoms with Crippen molar-refractivity contribution in [3.8, 4) is 17.4 Å². The normalized spacial score (nSPS) is 15.6. The summed E-state index contributed by atoms with van der Waals surface area (Å²) < 4.78 is 12.0. The Bertz CT molecular complexity index is 1120. The van der Waals surface area contributed by atoms with Crippen LogP contribution in [0.2, 0.25) is 0 Å². The number of hydrogen-bond acceptors (Lipinski definition) is 6. The fourth-order valence-corrected chi connectivity index (χ4v) is 3.71. The van der Waals surface area contributed by atoms with Crippen LogP contribution in [0, 0.1) is 0 Å². The lowest BCUT2D eigenvalue weighted by molar-refractivity contribution is -0.117. The number of nitrogens with zero attached hydrogens (tertiary/aromatic N) is 1. The molecule has 2 heterocycles. The van der Waals surface area contributed by atoms with Crippen molar-refractivity contribution in [2.45, 2.75) is 37.8 Å². The minimum absolute atomic E-state index is 0.0416. The van der Waals surface area contributed by atoms with E-state index < -0.39 is 17.2 Å². The summed E-state index contributed by atoms with van der Waals surface area (Å²) in [7, 11) is 0. The minimum atomic E-state index is -0.831. The van der Waals surface area contributed by atoms with Gasteiger partial charge in [-0.15, -0.1) is 0 Å². The number of aryl methyl sites for hydroxylation is 1. The maximum Gasteiger partial charge on any atom is 0.241 e. The SMILES string of the molecule is N[C@@H](CCC(=O)Cl)C(=O)Nc1ccc(Oc2ccc3c(c2)CC[C@@H](c2ccccc2)O3)nc1. The highest BCUT2D eigenvalue weighted by Gasteiger charge is 2.22. The zero-order chi connectivity index (χ0) is 23.2. The van der Waals surface area contributed by atoms with Gasteiger partial charge in [0.15, 0.2) is 0 Å². The van der Waals surface area contributed by atoms with E-state index in [1.54, 1.807) is 12.1 Å². The lowest BCUT2D eigenvalue weighted by atomic mass is 9.97. The summed E-state index contributed by atoms with van der Waals surface area (Å²) in [6.07, 6.45) is 3.54. The van der Waals surface area contributed by atoms with Crippen LogP contribution in [0.5, 0.6) is 17.4 Å². The number of nitrogens with two attached hydrogens (primary N) is 1. The third-order valence-corrected chi connectivity index (χ3v) is 5.55. The van der Waals surface area contributed by atoms with Gasteiger partial charge < -0.3 is 20.5 Å². The van der Waals surface area contributed by atoms with E-state index in [-0.39, 0.29) is 18.9 Å². The molecule has 1 aliphatic rings. The summed E-state index contributed by atoms with van der Waals surface area (Å²) in [6.45, 7) is 0. The fraction of sp³-hybridized carbons (Fsp3) is 0.240. The molecule has 4 rings (SSSR count). The van der Waals surface area contributed by atoms with Crippen LogP contribution in [-0.2, 0) is 16.0 Å². The van der Waals surface area contributed by atoms with E-state index in [9.17, 15) is 9.59 Å². The third kappa shape index (κ3) is 6.09. The van der Waals surface area contributed by atoms with Crippen molar-refractivity contribution in [3.05, 3.63) is 78.0 Å². The van der Waals surface area contributed by atoms with Crippen LogP contribution >= 0.6 is 11.6 Å². The molecular weight excluding hydrogens is 442 g/mol. The Kier molecular flexibility index (Phi) is 7.22. The van der Waals surface area contributed by atoms with Crippen LogP contribution in [0.25, 0.3) is 0 Å². The summed E-state index contributed by atoms with van der Waals surface area (Å²) in [5.74, 6) is 1.50. The molecular formula is C25H24ClN3O4. The molecule has 0 radical (unpaired) electrons. The molecule has 0 aliphatic carbocycles. The van der Waals surface area contributed by atoms with Gasteiger partial charge in [0.25, 0.3) is 0 Å². The van der Waals surface area contributed by atoms with Gasteiger partial charge in [-0.2, -0.15) is 0 Å². The number of carbonyl (C=O) groups is 2.